The summed E-state index contributed by atoms with van der Waals surface area (Å²) in [6, 6.07) is 10.2. The summed E-state index contributed by atoms with van der Waals surface area (Å²) in [7, 11) is 0. The molecule has 104 valence electrons. The number of benzene rings is 2. The van der Waals surface area contributed by atoms with E-state index in [0.717, 1.165) is 11.6 Å². The number of hydrogen-bond acceptors (Lipinski definition) is 3. The van der Waals surface area contributed by atoms with Crippen LogP contribution in [0.4, 0.5) is 14.5 Å². The van der Waals surface area contributed by atoms with Crippen LogP contribution in [0.15, 0.2) is 47.6 Å². The van der Waals surface area contributed by atoms with E-state index in [1.807, 2.05) is 0 Å². The van der Waals surface area contributed by atoms with Crippen molar-refractivity contribution in [3.05, 3.63) is 65.2 Å². The molecule has 0 saturated heterocycles. The second-order valence-corrected chi connectivity index (χ2v) is 4.19. The maximum Gasteiger partial charge on any atom is 0.170 e. The summed E-state index contributed by atoms with van der Waals surface area (Å²) in [5.41, 5.74) is 7.29. The summed E-state index contributed by atoms with van der Waals surface area (Å²) in [5, 5.41) is 14.4. The number of anilines is 1. The van der Waals surface area contributed by atoms with Crippen molar-refractivity contribution in [2.75, 3.05) is 5.32 Å². The second-order valence-electron chi connectivity index (χ2n) is 4.19. The minimum absolute atomic E-state index is 0.0247. The number of nitrogens with one attached hydrogen (secondary N) is 1. The third-order valence-corrected chi connectivity index (χ3v) is 2.72. The molecule has 4 nitrogen and oxygen atoms in total. The number of amidine groups is 1. The first kappa shape index (κ1) is 13.8. The maximum atomic E-state index is 13.0. The third kappa shape index (κ3) is 3.44. The third-order valence-electron chi connectivity index (χ3n) is 2.72. The first-order chi connectivity index (χ1) is 9.58. The van der Waals surface area contributed by atoms with E-state index in [1.165, 1.54) is 12.1 Å². The Kier molecular flexibility index (Phi) is 4.14. The van der Waals surface area contributed by atoms with Gasteiger partial charge in [-0.2, -0.15) is 0 Å². The van der Waals surface area contributed by atoms with Crippen LogP contribution < -0.4 is 11.1 Å². The fraction of sp³-hybridized carbons (Fsp3) is 0.0714. The lowest BCUT2D eigenvalue weighted by atomic mass is 10.1. The van der Waals surface area contributed by atoms with E-state index in [9.17, 15) is 8.78 Å². The Morgan fingerprint density at radius 1 is 1.10 bits per heavy atom. The molecule has 2 aromatic rings. The number of nitrogens with zero attached hydrogens (tertiary/aromatic N) is 1. The molecule has 0 saturated carbocycles. The molecule has 20 heavy (non-hydrogen) atoms. The summed E-state index contributed by atoms with van der Waals surface area (Å²) >= 11 is 0. The monoisotopic (exact) mass is 277 g/mol. The van der Waals surface area contributed by atoms with E-state index in [4.69, 9.17) is 10.9 Å². The summed E-state index contributed by atoms with van der Waals surface area (Å²) in [6.45, 7) is 0.402. The van der Waals surface area contributed by atoms with Gasteiger partial charge in [0.1, 0.15) is 11.6 Å². The fourth-order valence-corrected chi connectivity index (χ4v) is 1.71. The van der Waals surface area contributed by atoms with Gasteiger partial charge in [-0.05, 0) is 17.7 Å². The Balaban J connectivity index is 2.04. The normalized spacial score (nSPS) is 11.4. The van der Waals surface area contributed by atoms with Crippen molar-refractivity contribution < 1.29 is 14.0 Å². The van der Waals surface area contributed by atoms with Crippen molar-refractivity contribution in [3.8, 4) is 0 Å². The summed E-state index contributed by atoms with van der Waals surface area (Å²) in [4.78, 5) is 0. The molecular formula is C14H13F2N3O. The molecule has 4 N–H and O–H groups in total. The lowest BCUT2D eigenvalue weighted by molar-refractivity contribution is 0.318. The van der Waals surface area contributed by atoms with E-state index in [0.29, 0.717) is 17.8 Å². The minimum Gasteiger partial charge on any atom is -0.409 e. The predicted molar refractivity (Wildman–Crippen MR) is 72.6 cm³/mol. The number of nitrogens with two attached hydrogens (primary N) is 1. The van der Waals surface area contributed by atoms with Crippen LogP contribution in [0.25, 0.3) is 0 Å². The van der Waals surface area contributed by atoms with Crippen LogP contribution in [-0.2, 0) is 6.54 Å². The molecule has 0 heterocycles. The highest BCUT2D eigenvalue weighted by molar-refractivity contribution is 5.96. The zero-order chi connectivity index (χ0) is 14.5. The van der Waals surface area contributed by atoms with Gasteiger partial charge in [-0.3, -0.25) is 0 Å². The molecule has 6 heteroatoms. The van der Waals surface area contributed by atoms with E-state index < -0.39 is 11.6 Å². The first-order valence-corrected chi connectivity index (χ1v) is 5.85. The van der Waals surface area contributed by atoms with Crippen LogP contribution in [0.1, 0.15) is 11.1 Å². The molecule has 2 aromatic carbocycles. The van der Waals surface area contributed by atoms with Gasteiger partial charge in [0.2, 0.25) is 0 Å². The van der Waals surface area contributed by atoms with Gasteiger partial charge in [-0.15, -0.1) is 0 Å². The lowest BCUT2D eigenvalue weighted by Crippen LogP contribution is -2.13. The van der Waals surface area contributed by atoms with Crippen LogP contribution in [-0.4, -0.2) is 11.0 Å². The largest absolute Gasteiger partial charge is 0.409 e. The van der Waals surface area contributed by atoms with Crippen molar-refractivity contribution in [1.82, 2.24) is 0 Å². The van der Waals surface area contributed by atoms with Crippen molar-refractivity contribution in [3.63, 3.8) is 0 Å². The Hall–Kier alpha value is -2.63. The van der Waals surface area contributed by atoms with Crippen LogP contribution in [0.2, 0.25) is 0 Å². The van der Waals surface area contributed by atoms with Gasteiger partial charge < -0.3 is 16.3 Å². The molecule has 0 aliphatic heterocycles. The Morgan fingerprint density at radius 3 is 2.25 bits per heavy atom. The van der Waals surface area contributed by atoms with Gasteiger partial charge >= 0.3 is 0 Å². The smallest absolute Gasteiger partial charge is 0.170 e. The highest BCUT2D eigenvalue weighted by Crippen LogP contribution is 2.14. The lowest BCUT2D eigenvalue weighted by Gasteiger charge is -2.07. The van der Waals surface area contributed by atoms with E-state index in [-0.39, 0.29) is 5.84 Å². The van der Waals surface area contributed by atoms with Crippen molar-refractivity contribution in [2.45, 2.75) is 6.54 Å². The average Bonchev–Trinajstić information content (AvgIpc) is 2.44. The first-order valence-electron chi connectivity index (χ1n) is 5.85. The Bertz CT molecular complexity index is 607. The van der Waals surface area contributed by atoms with Crippen molar-refractivity contribution in [1.29, 1.82) is 0 Å². The van der Waals surface area contributed by atoms with Gasteiger partial charge in [0.05, 0.1) is 0 Å². The standard InChI is InChI=1S/C14H13F2N3O/c15-11-5-12(16)7-13(6-11)18-8-9-1-3-10(4-2-9)14(17)19-20/h1-7,18,20H,8H2,(H2,17,19). The SMILES string of the molecule is NC(=NO)c1ccc(CNc2cc(F)cc(F)c2)cc1. The zero-order valence-electron chi connectivity index (χ0n) is 10.5. The highest BCUT2D eigenvalue weighted by atomic mass is 19.1. The number of hydrogen-bond donors (Lipinski definition) is 3. The number of halogens is 2. The molecule has 0 radical (unpaired) electrons. The molecule has 0 bridgehead atoms. The van der Waals surface area contributed by atoms with E-state index >= 15 is 0 Å². The zero-order valence-corrected chi connectivity index (χ0v) is 10.5. The second kappa shape index (κ2) is 6.01. The van der Waals surface area contributed by atoms with Crippen LogP contribution in [0.3, 0.4) is 0 Å². The van der Waals surface area contributed by atoms with E-state index in [2.05, 4.69) is 10.5 Å². The predicted octanol–water partition coefficient (Wildman–Crippen LogP) is 2.67. The maximum absolute atomic E-state index is 13.0. The topological polar surface area (TPSA) is 70.6 Å². The molecule has 2 rings (SSSR count). The van der Waals surface area contributed by atoms with Gasteiger partial charge in [0, 0.05) is 23.9 Å². The van der Waals surface area contributed by atoms with Crippen LogP contribution >= 0.6 is 0 Å². The highest BCUT2D eigenvalue weighted by Gasteiger charge is 2.02. The number of oxime groups is 1. The molecule has 0 aliphatic rings. The van der Waals surface area contributed by atoms with Crippen LogP contribution in [0.5, 0.6) is 0 Å². The summed E-state index contributed by atoms with van der Waals surface area (Å²) in [5.74, 6) is -1.23. The van der Waals surface area contributed by atoms with Gasteiger partial charge in [0.15, 0.2) is 5.84 Å². The Morgan fingerprint density at radius 2 is 1.70 bits per heavy atom. The van der Waals surface area contributed by atoms with Crippen LogP contribution in [0, 0.1) is 11.6 Å². The van der Waals surface area contributed by atoms with Gasteiger partial charge in [-0.25, -0.2) is 8.78 Å². The molecule has 0 spiro atoms. The van der Waals surface area contributed by atoms with Gasteiger partial charge in [0.25, 0.3) is 0 Å². The molecule has 0 atom stereocenters. The minimum atomic E-state index is -0.630. The number of rotatable bonds is 4. The average molecular weight is 277 g/mol. The van der Waals surface area contributed by atoms with Gasteiger partial charge in [-0.1, -0.05) is 29.4 Å². The summed E-state index contributed by atoms with van der Waals surface area (Å²) < 4.78 is 26.0. The molecule has 0 fully saturated rings. The molecule has 0 aliphatic carbocycles. The summed E-state index contributed by atoms with van der Waals surface area (Å²) in [6.07, 6.45) is 0. The molecule has 0 aromatic heterocycles. The van der Waals surface area contributed by atoms with E-state index in [1.54, 1.807) is 24.3 Å². The molecule has 0 amide bonds. The molecule has 0 unspecified atom stereocenters. The van der Waals surface area contributed by atoms with Crippen molar-refractivity contribution in [2.24, 2.45) is 10.9 Å². The quantitative estimate of drug-likeness (QED) is 0.348. The van der Waals surface area contributed by atoms with Crippen molar-refractivity contribution >= 4 is 11.5 Å². The fourth-order valence-electron chi connectivity index (χ4n) is 1.71. The Labute approximate surface area is 114 Å². The molecular weight excluding hydrogens is 264 g/mol.